The molecule has 43 heavy (non-hydrogen) atoms. The van der Waals surface area contributed by atoms with Gasteiger partial charge < -0.3 is 24.5 Å². The number of halogens is 1. The van der Waals surface area contributed by atoms with E-state index in [1.54, 1.807) is 20.8 Å². The number of piperidine rings is 1. The second-order valence-electron chi connectivity index (χ2n) is 12.4. The van der Waals surface area contributed by atoms with Gasteiger partial charge in [0.1, 0.15) is 5.67 Å². The number of nitrogens with zero attached hydrogens (tertiary/aromatic N) is 3. The van der Waals surface area contributed by atoms with E-state index in [9.17, 15) is 19.5 Å². The van der Waals surface area contributed by atoms with Crippen LogP contribution in [0.2, 0.25) is 0 Å². The molecule has 0 saturated carbocycles. The quantitative estimate of drug-likeness (QED) is 0.403. The van der Waals surface area contributed by atoms with Crippen LogP contribution in [0, 0.1) is 11.8 Å². The van der Waals surface area contributed by atoms with Crippen LogP contribution in [0.25, 0.3) is 0 Å². The lowest BCUT2D eigenvalue weighted by molar-refractivity contribution is -0.150. The van der Waals surface area contributed by atoms with Gasteiger partial charge in [-0.25, -0.2) is 4.39 Å². The first-order valence-corrected chi connectivity index (χ1v) is 15.2. The maximum Gasteiger partial charge on any atom is 0.264 e. The van der Waals surface area contributed by atoms with Gasteiger partial charge in [0.25, 0.3) is 5.91 Å². The van der Waals surface area contributed by atoms with E-state index in [1.165, 1.54) is 13.8 Å². The molecule has 0 bridgehead atoms. The Bertz CT molecular complexity index is 1380. The van der Waals surface area contributed by atoms with Crippen LogP contribution in [0.4, 0.5) is 15.8 Å². The summed E-state index contributed by atoms with van der Waals surface area (Å²) in [6.07, 6.45) is 2.78. The van der Waals surface area contributed by atoms with Gasteiger partial charge in [-0.2, -0.15) is 0 Å². The molecule has 5 rings (SSSR count). The van der Waals surface area contributed by atoms with E-state index in [2.05, 4.69) is 6.58 Å². The van der Waals surface area contributed by atoms with Crippen molar-refractivity contribution in [1.29, 1.82) is 0 Å². The zero-order valence-electron chi connectivity index (χ0n) is 25.3. The van der Waals surface area contributed by atoms with Crippen LogP contribution in [-0.2, 0) is 31.3 Å². The maximum atomic E-state index is 16.1. The molecule has 1 spiro atoms. The number of aliphatic hydroxyl groups is 1. The first-order valence-electron chi connectivity index (χ1n) is 15.2. The zero-order valence-corrected chi connectivity index (χ0v) is 25.3. The third-order valence-electron chi connectivity index (χ3n) is 9.21. The molecule has 0 unspecified atom stereocenters. The summed E-state index contributed by atoms with van der Waals surface area (Å²) >= 11 is 0. The van der Waals surface area contributed by atoms with Gasteiger partial charge in [-0.05, 0) is 50.5 Å². The minimum absolute atomic E-state index is 0.0292. The number of benzene rings is 2. The van der Waals surface area contributed by atoms with Gasteiger partial charge in [-0.15, -0.1) is 6.58 Å². The number of fused-ring (bicyclic) bond motifs is 2. The first kappa shape index (κ1) is 30.9. The number of ether oxygens (including phenoxy) is 1. The molecule has 3 aliphatic rings. The van der Waals surface area contributed by atoms with Crippen molar-refractivity contribution in [2.45, 2.75) is 70.4 Å². The van der Waals surface area contributed by atoms with Gasteiger partial charge in [-0.3, -0.25) is 14.4 Å². The third-order valence-corrected chi connectivity index (χ3v) is 9.21. The lowest BCUT2D eigenvalue weighted by Gasteiger charge is -2.33. The molecule has 3 amide bonds. The van der Waals surface area contributed by atoms with Crippen LogP contribution < -0.4 is 9.80 Å². The van der Waals surface area contributed by atoms with Crippen molar-refractivity contribution in [2.24, 2.45) is 11.8 Å². The summed E-state index contributed by atoms with van der Waals surface area (Å²) in [7, 11) is 0. The van der Waals surface area contributed by atoms with Crippen molar-refractivity contribution in [1.82, 2.24) is 4.90 Å². The molecule has 230 valence electrons. The van der Waals surface area contributed by atoms with E-state index in [-0.39, 0.29) is 43.8 Å². The van der Waals surface area contributed by atoms with Gasteiger partial charge >= 0.3 is 0 Å². The largest absolute Gasteiger partial charge is 0.395 e. The Morgan fingerprint density at radius 1 is 1.21 bits per heavy atom. The van der Waals surface area contributed by atoms with Crippen LogP contribution in [0.5, 0.6) is 0 Å². The fraction of sp³-hybridized carbons (Fsp3) is 0.500. The van der Waals surface area contributed by atoms with Crippen molar-refractivity contribution in [3.63, 3.8) is 0 Å². The molecule has 4 atom stereocenters. The summed E-state index contributed by atoms with van der Waals surface area (Å²) in [5.41, 5.74) is -0.500. The number of aliphatic hydroxyl groups excluding tert-OH is 1. The van der Waals surface area contributed by atoms with E-state index in [0.29, 0.717) is 36.4 Å². The van der Waals surface area contributed by atoms with E-state index >= 15 is 4.39 Å². The minimum atomic E-state index is -1.78. The van der Waals surface area contributed by atoms with Crippen LogP contribution in [-0.4, -0.2) is 65.7 Å². The Kier molecular flexibility index (Phi) is 8.77. The number of carbonyl (C=O) groups excluding carboxylic acids is 3. The second kappa shape index (κ2) is 12.2. The van der Waals surface area contributed by atoms with Crippen molar-refractivity contribution in [2.75, 3.05) is 36.0 Å². The SMILES string of the molecule is C=CCN1C(=O)[C@]2(O[C@H](CC(=O)N(CCO)Cc3ccccc3)[C@@H](C(C)(C)F)[C@@H]2C)c2cc(N3CCCCC3=O)ccc21. The summed E-state index contributed by atoms with van der Waals surface area (Å²) in [6.45, 7) is 9.60. The van der Waals surface area contributed by atoms with Crippen LogP contribution in [0.3, 0.4) is 0 Å². The Morgan fingerprint density at radius 2 is 1.95 bits per heavy atom. The fourth-order valence-electron chi connectivity index (χ4n) is 7.31. The highest BCUT2D eigenvalue weighted by molar-refractivity contribution is 6.08. The van der Waals surface area contributed by atoms with Crippen molar-refractivity contribution < 1.29 is 28.6 Å². The van der Waals surface area contributed by atoms with Gasteiger partial charge in [0.05, 0.1) is 24.8 Å². The van der Waals surface area contributed by atoms with E-state index < -0.39 is 29.2 Å². The van der Waals surface area contributed by atoms with Gasteiger partial charge in [-0.1, -0.05) is 43.3 Å². The molecule has 0 radical (unpaired) electrons. The maximum absolute atomic E-state index is 16.1. The Labute approximate surface area is 253 Å². The highest BCUT2D eigenvalue weighted by Gasteiger charge is 2.66. The number of carbonyl (C=O) groups is 3. The van der Waals surface area contributed by atoms with E-state index in [0.717, 1.165) is 18.4 Å². The molecule has 8 nitrogen and oxygen atoms in total. The van der Waals surface area contributed by atoms with Crippen LogP contribution in [0.1, 0.15) is 57.6 Å². The molecule has 2 aromatic carbocycles. The molecule has 3 heterocycles. The number of hydrogen-bond donors (Lipinski definition) is 1. The number of alkyl halides is 1. The highest BCUT2D eigenvalue weighted by Crippen LogP contribution is 2.58. The lowest BCUT2D eigenvalue weighted by atomic mass is 9.71. The molecule has 0 aliphatic carbocycles. The predicted molar refractivity (Wildman–Crippen MR) is 163 cm³/mol. The molecule has 2 aromatic rings. The first-order chi connectivity index (χ1) is 20.5. The molecule has 2 fully saturated rings. The van der Waals surface area contributed by atoms with Gasteiger partial charge in [0.2, 0.25) is 11.8 Å². The smallest absolute Gasteiger partial charge is 0.264 e. The van der Waals surface area contributed by atoms with Gasteiger partial charge in [0.15, 0.2) is 5.60 Å². The predicted octanol–water partition coefficient (Wildman–Crippen LogP) is 4.74. The summed E-state index contributed by atoms with van der Waals surface area (Å²) in [5.74, 6) is -1.99. The van der Waals surface area contributed by atoms with Crippen molar-refractivity contribution >= 4 is 29.1 Å². The average Bonchev–Trinajstić information content (AvgIpc) is 3.40. The Balaban J connectivity index is 1.53. The molecular weight excluding hydrogens is 549 g/mol. The minimum Gasteiger partial charge on any atom is -0.395 e. The summed E-state index contributed by atoms with van der Waals surface area (Å²) < 4.78 is 22.8. The standard InChI is InChI=1S/C34H42FN3O5/c1-5-16-38-27-15-14-25(37-17-10-9-13-29(37)40)20-26(27)34(32(38)42)23(2)31(33(3,4)35)28(43-34)21-30(41)36(18-19-39)22-24-11-7-6-8-12-24/h5-8,11-12,14-15,20,23,28,31,39H,1,9-10,13,16-19,21-22H2,2-4H3/t23-,28+,31-,34+/m0/s1. The number of amides is 3. The topological polar surface area (TPSA) is 90.4 Å². The van der Waals surface area contributed by atoms with E-state index in [4.69, 9.17) is 4.74 Å². The van der Waals surface area contributed by atoms with E-state index in [1.807, 2.05) is 55.5 Å². The molecule has 1 N–H and O–H groups in total. The average molecular weight is 592 g/mol. The zero-order chi connectivity index (χ0) is 30.9. The molecule has 0 aromatic heterocycles. The molecule has 2 saturated heterocycles. The fourth-order valence-corrected chi connectivity index (χ4v) is 7.31. The summed E-state index contributed by atoms with van der Waals surface area (Å²) in [4.78, 5) is 45.8. The third kappa shape index (κ3) is 5.60. The Morgan fingerprint density at radius 3 is 2.60 bits per heavy atom. The Hall–Kier alpha value is -3.56. The molecular formula is C34H42FN3O5. The van der Waals surface area contributed by atoms with Crippen LogP contribution >= 0.6 is 0 Å². The number of hydrogen-bond acceptors (Lipinski definition) is 5. The second-order valence-corrected chi connectivity index (χ2v) is 12.4. The normalized spacial score (nSPS) is 25.4. The van der Waals surface area contributed by atoms with Crippen molar-refractivity contribution in [3.05, 3.63) is 72.3 Å². The molecule has 9 heteroatoms. The summed E-state index contributed by atoms with van der Waals surface area (Å²) in [6, 6.07) is 15.0. The monoisotopic (exact) mass is 591 g/mol. The number of anilines is 2. The van der Waals surface area contributed by atoms with Crippen LogP contribution in [0.15, 0.2) is 61.2 Å². The molecule has 3 aliphatic heterocycles. The van der Waals surface area contributed by atoms with Crippen molar-refractivity contribution in [3.8, 4) is 0 Å². The van der Waals surface area contributed by atoms with Gasteiger partial charge in [0, 0.05) is 55.7 Å². The number of rotatable bonds is 10. The summed E-state index contributed by atoms with van der Waals surface area (Å²) in [5, 5.41) is 9.72. The lowest BCUT2D eigenvalue weighted by Crippen LogP contribution is -2.45. The highest BCUT2D eigenvalue weighted by atomic mass is 19.1.